The third-order valence-electron chi connectivity index (χ3n) is 4.93. The quantitative estimate of drug-likeness (QED) is 0.391. The molecule has 148 valence electrons. The molecule has 0 aliphatic heterocycles. The van der Waals surface area contributed by atoms with E-state index in [1.54, 1.807) is 17.4 Å². The number of nitrogens with one attached hydrogen (secondary N) is 1. The predicted molar refractivity (Wildman–Crippen MR) is 124 cm³/mol. The first-order chi connectivity index (χ1) is 14.6. The van der Waals surface area contributed by atoms with E-state index in [1.165, 1.54) is 0 Å². The van der Waals surface area contributed by atoms with Crippen molar-refractivity contribution in [2.45, 2.75) is 0 Å². The molecule has 0 spiro atoms. The monoisotopic (exact) mass is 413 g/mol. The van der Waals surface area contributed by atoms with Gasteiger partial charge in [-0.1, -0.05) is 18.2 Å². The Morgan fingerprint density at radius 3 is 2.57 bits per heavy atom. The van der Waals surface area contributed by atoms with E-state index in [2.05, 4.69) is 34.5 Å². The summed E-state index contributed by atoms with van der Waals surface area (Å²) >= 11 is 1.64. The number of rotatable bonds is 4. The van der Waals surface area contributed by atoms with Crippen molar-refractivity contribution in [3.63, 3.8) is 0 Å². The summed E-state index contributed by atoms with van der Waals surface area (Å²) in [6.07, 6.45) is 0. The highest BCUT2D eigenvalue weighted by molar-refractivity contribution is 7.21. The van der Waals surface area contributed by atoms with E-state index in [-0.39, 0.29) is 11.7 Å². The van der Waals surface area contributed by atoms with Gasteiger partial charge in [-0.3, -0.25) is 4.79 Å². The van der Waals surface area contributed by atoms with E-state index < -0.39 is 0 Å². The molecule has 0 saturated heterocycles. The lowest BCUT2D eigenvalue weighted by Crippen LogP contribution is -2.10. The van der Waals surface area contributed by atoms with Gasteiger partial charge in [-0.25, -0.2) is 4.98 Å². The van der Waals surface area contributed by atoms with Crippen molar-refractivity contribution in [1.29, 1.82) is 0 Å². The Labute approximate surface area is 177 Å². The van der Waals surface area contributed by atoms with Crippen LogP contribution in [0.15, 0.2) is 77.2 Å². The first-order valence-corrected chi connectivity index (χ1v) is 10.4. The highest BCUT2D eigenvalue weighted by Crippen LogP contribution is 2.32. The normalized spacial score (nSPS) is 11.1. The average molecular weight is 414 g/mol. The third-order valence-corrected chi connectivity index (χ3v) is 6.01. The molecule has 5 aromatic rings. The SMILES string of the molecule is CN(C)c1ccc(-c2nc3cc(NC(=O)c4cc5ccccc5o4)ccc3s2)cc1. The zero-order valence-corrected chi connectivity index (χ0v) is 17.4. The molecule has 3 aromatic carbocycles. The second-order valence-corrected chi connectivity index (χ2v) is 8.28. The minimum Gasteiger partial charge on any atom is -0.451 e. The molecule has 0 fully saturated rings. The van der Waals surface area contributed by atoms with E-state index in [0.717, 1.165) is 31.9 Å². The number of carbonyl (C=O) groups excluding carboxylic acids is 1. The minimum atomic E-state index is -0.278. The summed E-state index contributed by atoms with van der Waals surface area (Å²) < 4.78 is 6.72. The van der Waals surface area contributed by atoms with Crippen LogP contribution < -0.4 is 10.2 Å². The summed E-state index contributed by atoms with van der Waals surface area (Å²) in [5.74, 6) is 0.0107. The van der Waals surface area contributed by atoms with Crippen LogP contribution in [0.25, 0.3) is 31.8 Å². The van der Waals surface area contributed by atoms with Crippen LogP contribution in [0.1, 0.15) is 10.6 Å². The fraction of sp³-hybridized carbons (Fsp3) is 0.0833. The molecule has 6 heteroatoms. The lowest BCUT2D eigenvalue weighted by atomic mass is 10.2. The molecule has 0 aliphatic rings. The van der Waals surface area contributed by atoms with Gasteiger partial charge in [-0.05, 0) is 54.6 Å². The van der Waals surface area contributed by atoms with Gasteiger partial charge in [0.15, 0.2) is 5.76 Å². The predicted octanol–water partition coefficient (Wildman–Crippen LogP) is 6.03. The van der Waals surface area contributed by atoms with Crippen LogP contribution in [0.4, 0.5) is 11.4 Å². The first kappa shape index (κ1) is 18.4. The van der Waals surface area contributed by atoms with Crippen LogP contribution in [0.2, 0.25) is 0 Å². The number of para-hydroxylation sites is 1. The summed E-state index contributed by atoms with van der Waals surface area (Å²) in [6, 6.07) is 23.4. The van der Waals surface area contributed by atoms with Gasteiger partial charge in [0.1, 0.15) is 10.6 Å². The highest BCUT2D eigenvalue weighted by Gasteiger charge is 2.13. The topological polar surface area (TPSA) is 58.4 Å². The van der Waals surface area contributed by atoms with Gasteiger partial charge in [0.05, 0.1) is 10.2 Å². The number of hydrogen-bond donors (Lipinski definition) is 1. The van der Waals surface area contributed by atoms with Gasteiger partial charge in [0.25, 0.3) is 5.91 Å². The van der Waals surface area contributed by atoms with E-state index in [0.29, 0.717) is 11.3 Å². The molecule has 0 saturated carbocycles. The van der Waals surface area contributed by atoms with Gasteiger partial charge in [-0.2, -0.15) is 0 Å². The molecule has 1 N–H and O–H groups in total. The Kier molecular flexibility index (Phi) is 4.48. The lowest BCUT2D eigenvalue weighted by Gasteiger charge is -2.11. The Balaban J connectivity index is 1.40. The second kappa shape index (κ2) is 7.31. The molecule has 5 nitrogen and oxygen atoms in total. The summed E-state index contributed by atoms with van der Waals surface area (Å²) in [5.41, 5.74) is 4.47. The number of anilines is 2. The van der Waals surface area contributed by atoms with Crippen molar-refractivity contribution in [2.75, 3.05) is 24.3 Å². The molecule has 1 amide bonds. The second-order valence-electron chi connectivity index (χ2n) is 7.25. The molecule has 0 aliphatic carbocycles. The number of carbonyl (C=O) groups is 1. The van der Waals surface area contributed by atoms with E-state index in [1.807, 2.05) is 56.6 Å². The van der Waals surface area contributed by atoms with Gasteiger partial charge >= 0.3 is 0 Å². The lowest BCUT2D eigenvalue weighted by molar-refractivity contribution is 0.0998. The smallest absolute Gasteiger partial charge is 0.291 e. The number of amides is 1. The van der Waals surface area contributed by atoms with Crippen molar-refractivity contribution in [3.8, 4) is 10.6 Å². The number of thiazole rings is 1. The van der Waals surface area contributed by atoms with Gasteiger partial charge in [0, 0.05) is 36.4 Å². The minimum absolute atomic E-state index is 0.278. The van der Waals surface area contributed by atoms with E-state index >= 15 is 0 Å². The summed E-state index contributed by atoms with van der Waals surface area (Å²) in [5, 5.41) is 4.77. The molecular formula is C24H19N3O2S. The van der Waals surface area contributed by atoms with Crippen LogP contribution in [0.3, 0.4) is 0 Å². The molecule has 0 unspecified atom stereocenters. The molecule has 2 heterocycles. The largest absolute Gasteiger partial charge is 0.451 e. The molecule has 2 aromatic heterocycles. The number of hydrogen-bond acceptors (Lipinski definition) is 5. The number of furan rings is 1. The molecule has 0 radical (unpaired) electrons. The van der Waals surface area contributed by atoms with Crippen molar-refractivity contribution in [3.05, 3.63) is 78.6 Å². The van der Waals surface area contributed by atoms with E-state index in [9.17, 15) is 4.79 Å². The number of fused-ring (bicyclic) bond motifs is 2. The molecule has 0 bridgehead atoms. The summed E-state index contributed by atoms with van der Waals surface area (Å²) in [7, 11) is 4.04. The van der Waals surface area contributed by atoms with Crippen LogP contribution in [-0.2, 0) is 0 Å². The Bertz CT molecular complexity index is 1330. The average Bonchev–Trinajstić information content (AvgIpc) is 3.37. The maximum atomic E-state index is 12.6. The van der Waals surface area contributed by atoms with Gasteiger partial charge in [0.2, 0.25) is 0 Å². The molecule has 30 heavy (non-hydrogen) atoms. The van der Waals surface area contributed by atoms with Gasteiger partial charge in [-0.15, -0.1) is 11.3 Å². The fourth-order valence-corrected chi connectivity index (χ4v) is 4.27. The Hall–Kier alpha value is -3.64. The Morgan fingerprint density at radius 1 is 1.00 bits per heavy atom. The maximum absolute atomic E-state index is 12.6. The maximum Gasteiger partial charge on any atom is 0.291 e. The van der Waals surface area contributed by atoms with Crippen LogP contribution in [-0.4, -0.2) is 25.0 Å². The Morgan fingerprint density at radius 2 is 1.80 bits per heavy atom. The van der Waals surface area contributed by atoms with Crippen molar-refractivity contribution >= 4 is 49.8 Å². The van der Waals surface area contributed by atoms with Crippen LogP contribution in [0, 0.1) is 0 Å². The van der Waals surface area contributed by atoms with Crippen molar-refractivity contribution in [1.82, 2.24) is 4.98 Å². The summed E-state index contributed by atoms with van der Waals surface area (Å²) in [6.45, 7) is 0. The zero-order chi connectivity index (χ0) is 20.7. The van der Waals surface area contributed by atoms with E-state index in [4.69, 9.17) is 9.40 Å². The van der Waals surface area contributed by atoms with Crippen molar-refractivity contribution in [2.24, 2.45) is 0 Å². The zero-order valence-electron chi connectivity index (χ0n) is 16.5. The highest BCUT2D eigenvalue weighted by atomic mass is 32.1. The molecular weight excluding hydrogens is 394 g/mol. The number of aromatic nitrogens is 1. The molecule has 0 atom stereocenters. The summed E-state index contributed by atoms with van der Waals surface area (Å²) in [4.78, 5) is 19.4. The van der Waals surface area contributed by atoms with Crippen LogP contribution >= 0.6 is 11.3 Å². The van der Waals surface area contributed by atoms with Crippen LogP contribution in [0.5, 0.6) is 0 Å². The van der Waals surface area contributed by atoms with Gasteiger partial charge < -0.3 is 14.6 Å². The first-order valence-electron chi connectivity index (χ1n) is 9.55. The van der Waals surface area contributed by atoms with Crippen molar-refractivity contribution < 1.29 is 9.21 Å². The third kappa shape index (κ3) is 3.42. The standard InChI is InChI=1S/C24H19N3O2S/c1-27(2)18-10-7-15(8-11-18)24-26-19-14-17(9-12-22(19)30-24)25-23(28)21-13-16-5-3-4-6-20(16)29-21/h3-14H,1-2H3,(H,25,28). The molecule has 5 rings (SSSR count). The fourth-order valence-electron chi connectivity index (χ4n) is 3.32. The number of nitrogens with zero attached hydrogens (tertiary/aromatic N) is 2. The number of benzene rings is 3.